The number of aromatic nitrogens is 1. The molecule has 1 aliphatic rings. The number of amides is 1. The number of pyridine rings is 1. The molecule has 5 nitrogen and oxygen atoms in total. The first-order valence-electron chi connectivity index (χ1n) is 5.92. The van der Waals surface area contributed by atoms with Gasteiger partial charge in [-0.25, -0.2) is 4.98 Å². The summed E-state index contributed by atoms with van der Waals surface area (Å²) in [5.41, 5.74) is 0. The first-order chi connectivity index (χ1) is 8.59. The fourth-order valence-corrected chi connectivity index (χ4v) is 2.25. The average Bonchev–Trinajstić information content (AvgIpc) is 2.38. The van der Waals surface area contributed by atoms with Crippen molar-refractivity contribution in [2.75, 3.05) is 31.1 Å². The second-order valence-electron chi connectivity index (χ2n) is 4.30. The van der Waals surface area contributed by atoms with Crippen LogP contribution in [0.25, 0.3) is 0 Å². The molecule has 0 spiro atoms. The molecule has 2 rings (SSSR count). The number of carbonyl (C=O) groups excluding carboxylic acids is 1. The second-order valence-corrected chi connectivity index (χ2v) is 4.70. The highest BCUT2D eigenvalue weighted by Gasteiger charge is 2.24. The molecule has 1 fully saturated rings. The summed E-state index contributed by atoms with van der Waals surface area (Å²) in [6.07, 6.45) is 0.768. The number of rotatable bonds is 2. The lowest BCUT2D eigenvalue weighted by molar-refractivity contribution is -0.139. The predicted molar refractivity (Wildman–Crippen MR) is 69.7 cm³/mol. The van der Waals surface area contributed by atoms with Gasteiger partial charge < -0.3 is 14.9 Å². The summed E-state index contributed by atoms with van der Waals surface area (Å²) in [6.45, 7) is 4.00. The van der Waals surface area contributed by atoms with Crippen LogP contribution in [0.2, 0.25) is 5.02 Å². The van der Waals surface area contributed by atoms with Crippen LogP contribution >= 0.6 is 11.6 Å². The van der Waals surface area contributed by atoms with E-state index >= 15 is 0 Å². The summed E-state index contributed by atoms with van der Waals surface area (Å²) in [6, 6.07) is 3.59. The van der Waals surface area contributed by atoms with Crippen molar-refractivity contribution >= 4 is 23.3 Å². The number of carbonyl (C=O) groups is 1. The summed E-state index contributed by atoms with van der Waals surface area (Å²) in [7, 11) is 0. The minimum Gasteiger partial charge on any atom is -0.384 e. The van der Waals surface area contributed by atoms with Crippen molar-refractivity contribution in [1.29, 1.82) is 0 Å². The van der Waals surface area contributed by atoms with Crippen molar-refractivity contribution in [1.82, 2.24) is 9.88 Å². The number of hydrogen-bond acceptors (Lipinski definition) is 4. The van der Waals surface area contributed by atoms with Crippen LogP contribution in [-0.4, -0.2) is 53.2 Å². The fraction of sp³-hybridized carbons (Fsp3) is 0.500. The van der Waals surface area contributed by atoms with E-state index in [1.165, 1.54) is 6.92 Å². The molecule has 0 aromatic carbocycles. The third-order valence-corrected chi connectivity index (χ3v) is 3.28. The highest BCUT2D eigenvalue weighted by Crippen LogP contribution is 2.23. The van der Waals surface area contributed by atoms with Crippen LogP contribution < -0.4 is 4.90 Å². The van der Waals surface area contributed by atoms with Crippen LogP contribution in [0.4, 0.5) is 5.82 Å². The standard InChI is InChI=1S/C12H16ClN3O2/c1-9(17)12(18)16-7-5-15(6-8-16)11-10(13)3-2-4-14-11/h2-4,9,17H,5-8H2,1H3/t9-/m1/s1. The monoisotopic (exact) mass is 269 g/mol. The molecule has 1 aromatic heterocycles. The van der Waals surface area contributed by atoms with Crippen LogP contribution in [0, 0.1) is 0 Å². The van der Waals surface area contributed by atoms with Gasteiger partial charge in [-0.3, -0.25) is 4.79 Å². The van der Waals surface area contributed by atoms with Crippen LogP contribution in [0.15, 0.2) is 18.3 Å². The lowest BCUT2D eigenvalue weighted by Crippen LogP contribution is -2.51. The van der Waals surface area contributed by atoms with Gasteiger partial charge in [0.15, 0.2) is 0 Å². The molecule has 2 heterocycles. The van der Waals surface area contributed by atoms with E-state index in [1.54, 1.807) is 23.2 Å². The number of anilines is 1. The predicted octanol–water partition coefficient (Wildman–Crippen LogP) is 0.764. The highest BCUT2D eigenvalue weighted by atomic mass is 35.5. The number of nitrogens with zero attached hydrogens (tertiary/aromatic N) is 3. The molecule has 18 heavy (non-hydrogen) atoms. The van der Waals surface area contributed by atoms with Crippen LogP contribution in [0.1, 0.15) is 6.92 Å². The molecule has 0 aliphatic carbocycles. The molecule has 1 saturated heterocycles. The summed E-state index contributed by atoms with van der Waals surface area (Å²) in [5, 5.41) is 9.88. The van der Waals surface area contributed by atoms with E-state index < -0.39 is 6.10 Å². The quantitative estimate of drug-likeness (QED) is 0.861. The van der Waals surface area contributed by atoms with Crippen LogP contribution in [0.5, 0.6) is 0 Å². The van der Waals surface area contributed by atoms with Crippen molar-refractivity contribution in [3.05, 3.63) is 23.4 Å². The molecule has 1 N–H and O–H groups in total. The molecule has 1 atom stereocenters. The van der Waals surface area contributed by atoms with E-state index in [0.29, 0.717) is 31.2 Å². The maximum atomic E-state index is 11.6. The third kappa shape index (κ3) is 2.73. The van der Waals surface area contributed by atoms with Crippen molar-refractivity contribution < 1.29 is 9.90 Å². The molecule has 98 valence electrons. The summed E-state index contributed by atoms with van der Waals surface area (Å²) in [4.78, 5) is 19.6. The Kier molecular flexibility index (Phi) is 4.04. The summed E-state index contributed by atoms with van der Waals surface area (Å²) >= 11 is 6.08. The Bertz CT molecular complexity index is 431. The molecule has 0 unspecified atom stereocenters. The molecule has 1 aromatic rings. The van der Waals surface area contributed by atoms with E-state index in [-0.39, 0.29) is 5.91 Å². The van der Waals surface area contributed by atoms with E-state index in [4.69, 9.17) is 11.6 Å². The van der Waals surface area contributed by atoms with Gasteiger partial charge in [-0.15, -0.1) is 0 Å². The number of hydrogen-bond donors (Lipinski definition) is 1. The maximum absolute atomic E-state index is 11.6. The highest BCUT2D eigenvalue weighted by molar-refractivity contribution is 6.32. The van der Waals surface area contributed by atoms with Crippen molar-refractivity contribution in [2.45, 2.75) is 13.0 Å². The van der Waals surface area contributed by atoms with E-state index in [2.05, 4.69) is 4.98 Å². The molecule has 1 aliphatic heterocycles. The van der Waals surface area contributed by atoms with Gasteiger partial charge in [0.1, 0.15) is 11.9 Å². The topological polar surface area (TPSA) is 56.7 Å². The first-order valence-corrected chi connectivity index (χ1v) is 6.29. The normalized spacial score (nSPS) is 17.7. The Morgan fingerprint density at radius 3 is 2.67 bits per heavy atom. The van der Waals surface area contributed by atoms with Crippen LogP contribution in [0.3, 0.4) is 0 Å². The third-order valence-electron chi connectivity index (χ3n) is 2.99. The lowest BCUT2D eigenvalue weighted by atomic mass is 10.2. The van der Waals surface area contributed by atoms with E-state index in [9.17, 15) is 9.90 Å². The van der Waals surface area contributed by atoms with Gasteiger partial charge >= 0.3 is 0 Å². The molecular formula is C12H16ClN3O2. The van der Waals surface area contributed by atoms with Gasteiger partial charge in [0.05, 0.1) is 5.02 Å². The minimum atomic E-state index is -0.935. The molecule has 0 saturated carbocycles. The van der Waals surface area contributed by atoms with E-state index in [0.717, 1.165) is 5.82 Å². The molecular weight excluding hydrogens is 254 g/mol. The first kappa shape index (κ1) is 13.1. The Morgan fingerprint density at radius 1 is 1.44 bits per heavy atom. The Balaban J connectivity index is 1.99. The van der Waals surface area contributed by atoms with Gasteiger partial charge in [0, 0.05) is 32.4 Å². The lowest BCUT2D eigenvalue weighted by Gasteiger charge is -2.36. The Labute approximate surface area is 111 Å². The van der Waals surface area contributed by atoms with Crippen molar-refractivity contribution in [2.24, 2.45) is 0 Å². The van der Waals surface area contributed by atoms with Crippen LogP contribution in [-0.2, 0) is 4.79 Å². The molecule has 0 radical (unpaired) electrons. The summed E-state index contributed by atoms with van der Waals surface area (Å²) < 4.78 is 0. The maximum Gasteiger partial charge on any atom is 0.251 e. The smallest absolute Gasteiger partial charge is 0.251 e. The summed E-state index contributed by atoms with van der Waals surface area (Å²) in [5.74, 6) is 0.532. The van der Waals surface area contributed by atoms with E-state index in [1.807, 2.05) is 4.90 Å². The molecule has 6 heteroatoms. The van der Waals surface area contributed by atoms with Gasteiger partial charge in [-0.2, -0.15) is 0 Å². The minimum absolute atomic E-state index is 0.221. The number of halogens is 1. The molecule has 1 amide bonds. The van der Waals surface area contributed by atoms with Crippen molar-refractivity contribution in [3.63, 3.8) is 0 Å². The van der Waals surface area contributed by atoms with Gasteiger partial charge in [0.2, 0.25) is 0 Å². The molecule has 0 bridgehead atoms. The van der Waals surface area contributed by atoms with Gasteiger partial charge in [-0.05, 0) is 19.1 Å². The van der Waals surface area contributed by atoms with Gasteiger partial charge in [0.25, 0.3) is 5.91 Å². The number of piperazine rings is 1. The Morgan fingerprint density at radius 2 is 2.11 bits per heavy atom. The largest absolute Gasteiger partial charge is 0.384 e. The van der Waals surface area contributed by atoms with Crippen molar-refractivity contribution in [3.8, 4) is 0 Å². The second kappa shape index (κ2) is 5.54. The number of aliphatic hydroxyl groups excluding tert-OH is 1. The Hall–Kier alpha value is -1.33. The SMILES string of the molecule is C[C@@H](O)C(=O)N1CCN(c2ncccc2Cl)CC1. The van der Waals surface area contributed by atoms with Gasteiger partial charge in [-0.1, -0.05) is 11.6 Å². The fourth-order valence-electron chi connectivity index (χ4n) is 2.01. The number of aliphatic hydroxyl groups is 1. The average molecular weight is 270 g/mol. The zero-order valence-corrected chi connectivity index (χ0v) is 11.0. The zero-order valence-electron chi connectivity index (χ0n) is 10.2. The zero-order chi connectivity index (χ0) is 13.1.